The van der Waals surface area contributed by atoms with Crippen molar-refractivity contribution >= 4 is 40.2 Å². The zero-order chi connectivity index (χ0) is 27.8. The number of guanidine groups is 1. The number of allylic oxidation sites excluding steroid dienone is 3. The molecule has 1 fully saturated rings. The molecule has 0 spiro atoms. The smallest absolute Gasteiger partial charge is 0.224 e. The molecule has 2 aliphatic heterocycles. The normalized spacial score (nSPS) is 19.3. The zero-order valence-corrected chi connectivity index (χ0v) is 23.9. The van der Waals surface area contributed by atoms with Crippen LogP contribution >= 0.6 is 11.6 Å². The molecular weight excluding hydrogens is 528 g/mol. The Hall–Kier alpha value is -3.89. The molecule has 1 aromatic carbocycles. The van der Waals surface area contributed by atoms with Crippen LogP contribution in [0.1, 0.15) is 25.8 Å². The topological polar surface area (TPSA) is 91.9 Å². The number of nitrogens with zero attached hydrogens (tertiary/aromatic N) is 7. The van der Waals surface area contributed by atoms with Crippen LogP contribution in [0.4, 0.5) is 11.4 Å². The molecule has 10 nitrogen and oxygen atoms in total. The fraction of sp³-hybridized carbons (Fsp3) is 0.379. The van der Waals surface area contributed by atoms with E-state index in [-0.39, 0.29) is 0 Å². The summed E-state index contributed by atoms with van der Waals surface area (Å²) in [6.07, 6.45) is 3.99. The third kappa shape index (κ3) is 4.93. The van der Waals surface area contributed by atoms with Crippen LogP contribution in [0.25, 0.3) is 11.2 Å². The number of pyridine rings is 1. The third-order valence-electron chi connectivity index (χ3n) is 7.70. The number of halogens is 1. The van der Waals surface area contributed by atoms with E-state index in [4.69, 9.17) is 31.1 Å². The van der Waals surface area contributed by atoms with E-state index < -0.39 is 0 Å². The Morgan fingerprint density at radius 1 is 1.02 bits per heavy atom. The molecule has 0 unspecified atom stereocenters. The van der Waals surface area contributed by atoms with Gasteiger partial charge in [0.25, 0.3) is 0 Å². The van der Waals surface area contributed by atoms with Gasteiger partial charge in [-0.1, -0.05) is 11.6 Å². The molecule has 1 aliphatic carbocycles. The van der Waals surface area contributed by atoms with E-state index in [1.54, 1.807) is 20.5 Å². The predicted molar refractivity (Wildman–Crippen MR) is 157 cm³/mol. The minimum absolute atomic E-state index is 0.458. The molecule has 0 saturated carbocycles. The maximum atomic E-state index is 6.74. The van der Waals surface area contributed by atoms with Gasteiger partial charge in [-0.2, -0.15) is 4.99 Å². The second-order valence-corrected chi connectivity index (χ2v) is 10.7. The molecule has 40 heavy (non-hydrogen) atoms. The monoisotopic (exact) mass is 560 g/mol. The van der Waals surface area contributed by atoms with Gasteiger partial charge in [0.15, 0.2) is 5.65 Å². The van der Waals surface area contributed by atoms with Gasteiger partial charge in [0.2, 0.25) is 5.96 Å². The molecule has 1 saturated heterocycles. The number of aliphatic imine (C=N–C) groups is 1. The Kier molecular flexibility index (Phi) is 7.20. The van der Waals surface area contributed by atoms with Crippen LogP contribution in [0.15, 0.2) is 69.3 Å². The molecule has 0 amide bonds. The molecule has 4 heterocycles. The van der Waals surface area contributed by atoms with Gasteiger partial charge in [-0.3, -0.25) is 9.30 Å². The van der Waals surface area contributed by atoms with E-state index in [0.29, 0.717) is 41.4 Å². The van der Waals surface area contributed by atoms with Crippen LogP contribution in [0.3, 0.4) is 0 Å². The molecule has 2 aromatic heterocycles. The quantitative estimate of drug-likeness (QED) is 0.513. The van der Waals surface area contributed by atoms with E-state index in [1.807, 2.05) is 16.5 Å². The summed E-state index contributed by atoms with van der Waals surface area (Å²) < 4.78 is 12.9. The lowest BCUT2D eigenvalue weighted by molar-refractivity contribution is 0.209. The highest BCUT2D eigenvalue weighted by Gasteiger charge is 2.22. The van der Waals surface area contributed by atoms with Crippen molar-refractivity contribution in [2.75, 3.05) is 50.6 Å². The lowest BCUT2D eigenvalue weighted by Gasteiger charge is -2.38. The standard InChI is InChI=1S/C29H33ClN8O2/c1-18(2)36-9-11-37(12-10-36)21-7-5-20(6-8-21)33-29-31-16-19-13-24(28-35-32-17-38(28)27(19)34-29)23-14-22(39-3)15-25(40-4)26(23)30/h5-8,13,15,17-18H,9-12,14,16H2,1-4H3,(H,31,33). The highest BCUT2D eigenvalue weighted by Crippen LogP contribution is 2.33. The van der Waals surface area contributed by atoms with Crippen LogP contribution in [0.2, 0.25) is 0 Å². The Labute approximate surface area is 238 Å². The van der Waals surface area contributed by atoms with Crippen LogP contribution in [0.5, 0.6) is 0 Å². The number of ether oxygens (including phenoxy) is 2. The molecular formula is C29H33ClN8O2. The molecule has 11 heteroatoms. The maximum absolute atomic E-state index is 6.74. The van der Waals surface area contributed by atoms with Gasteiger partial charge < -0.3 is 19.7 Å². The van der Waals surface area contributed by atoms with Crippen molar-refractivity contribution in [2.45, 2.75) is 32.9 Å². The van der Waals surface area contributed by atoms with Crippen LogP contribution in [0, 0.1) is 0 Å². The minimum atomic E-state index is 0.458. The highest BCUT2D eigenvalue weighted by atomic mass is 35.5. The first kappa shape index (κ1) is 26.3. The summed E-state index contributed by atoms with van der Waals surface area (Å²) >= 11 is 6.74. The Bertz CT molecular complexity index is 1650. The van der Waals surface area contributed by atoms with Crippen molar-refractivity contribution in [3.05, 3.63) is 75.6 Å². The Morgan fingerprint density at radius 3 is 2.50 bits per heavy atom. The van der Waals surface area contributed by atoms with Crippen LogP contribution in [-0.4, -0.2) is 71.9 Å². The number of methoxy groups -OCH3 is 2. The molecule has 6 rings (SSSR count). The summed E-state index contributed by atoms with van der Waals surface area (Å²) in [4.78, 5) is 14.5. The van der Waals surface area contributed by atoms with Gasteiger partial charge in [0.1, 0.15) is 23.3 Å². The lowest BCUT2D eigenvalue weighted by atomic mass is 10.0. The molecule has 0 bridgehead atoms. The van der Waals surface area contributed by atoms with Crippen molar-refractivity contribution in [3.8, 4) is 0 Å². The molecule has 0 radical (unpaired) electrons. The van der Waals surface area contributed by atoms with Crippen LogP contribution in [-0.2, 0) is 16.0 Å². The van der Waals surface area contributed by atoms with E-state index in [1.165, 1.54) is 5.69 Å². The highest BCUT2D eigenvalue weighted by molar-refractivity contribution is 6.36. The first-order valence-corrected chi connectivity index (χ1v) is 13.9. The lowest BCUT2D eigenvalue weighted by Crippen LogP contribution is -2.48. The average Bonchev–Trinajstić information content (AvgIpc) is 3.48. The van der Waals surface area contributed by atoms with Gasteiger partial charge in [-0.15, -0.1) is 10.2 Å². The second kappa shape index (κ2) is 10.9. The van der Waals surface area contributed by atoms with Crippen LogP contribution < -0.4 is 20.9 Å². The number of hydrogen-bond donors (Lipinski definition) is 1. The summed E-state index contributed by atoms with van der Waals surface area (Å²) in [7, 11) is 3.23. The van der Waals surface area contributed by atoms with E-state index in [0.717, 1.165) is 59.5 Å². The molecule has 1 N–H and O–H groups in total. The maximum Gasteiger partial charge on any atom is 0.224 e. The van der Waals surface area contributed by atoms with Crippen molar-refractivity contribution in [3.63, 3.8) is 0 Å². The Balaban J connectivity index is 1.27. The SMILES string of the molecule is COC1=CC(OC)=C(Cl)C(=c2cc3c(n4cnnc24)=NC(Nc2ccc(N4CCN(C(C)C)CC4)cc2)=NC3)C1. The zero-order valence-electron chi connectivity index (χ0n) is 23.2. The largest absolute Gasteiger partial charge is 0.501 e. The average molecular weight is 561 g/mol. The number of benzene rings is 1. The second-order valence-electron chi connectivity index (χ2n) is 10.3. The van der Waals surface area contributed by atoms with Crippen molar-refractivity contribution in [2.24, 2.45) is 9.98 Å². The fourth-order valence-electron chi connectivity index (χ4n) is 5.39. The molecule has 3 aromatic rings. The number of aromatic nitrogens is 3. The van der Waals surface area contributed by atoms with E-state index in [2.05, 4.69) is 63.4 Å². The van der Waals surface area contributed by atoms with E-state index in [9.17, 15) is 0 Å². The van der Waals surface area contributed by atoms with Crippen molar-refractivity contribution in [1.29, 1.82) is 0 Å². The first-order chi connectivity index (χ1) is 19.4. The predicted octanol–water partition coefficient (Wildman–Crippen LogP) is 3.04. The number of piperazine rings is 1. The first-order valence-electron chi connectivity index (χ1n) is 13.5. The molecule has 0 atom stereocenters. The van der Waals surface area contributed by atoms with Gasteiger partial charge in [0, 0.05) is 66.9 Å². The minimum Gasteiger partial charge on any atom is -0.501 e. The number of hydrogen-bond acceptors (Lipinski definition) is 9. The molecule has 208 valence electrons. The van der Waals surface area contributed by atoms with Crippen molar-refractivity contribution < 1.29 is 9.47 Å². The number of nitrogens with one attached hydrogen (secondary N) is 1. The summed E-state index contributed by atoms with van der Waals surface area (Å²) in [6, 6.07) is 11.1. The van der Waals surface area contributed by atoms with Gasteiger partial charge in [-0.05, 0) is 49.8 Å². The summed E-state index contributed by atoms with van der Waals surface area (Å²) in [5.41, 5.74) is 5.38. The molecule has 3 aliphatic rings. The van der Waals surface area contributed by atoms with Gasteiger partial charge in [0.05, 0.1) is 25.8 Å². The number of fused-ring (bicyclic) bond motifs is 3. The third-order valence-corrected chi connectivity index (χ3v) is 8.11. The summed E-state index contributed by atoms with van der Waals surface area (Å²) in [5, 5.41) is 13.3. The van der Waals surface area contributed by atoms with Gasteiger partial charge >= 0.3 is 0 Å². The van der Waals surface area contributed by atoms with E-state index >= 15 is 0 Å². The summed E-state index contributed by atoms with van der Waals surface area (Å²) in [5.74, 6) is 1.85. The van der Waals surface area contributed by atoms with Gasteiger partial charge in [-0.25, -0.2) is 4.99 Å². The van der Waals surface area contributed by atoms with Crippen molar-refractivity contribution in [1.82, 2.24) is 19.5 Å². The number of rotatable bonds is 5. The fourth-order valence-corrected chi connectivity index (χ4v) is 5.69. The Morgan fingerprint density at radius 2 is 1.80 bits per heavy atom. The number of anilines is 2. The summed E-state index contributed by atoms with van der Waals surface area (Å²) in [6.45, 7) is 9.23.